The van der Waals surface area contributed by atoms with Gasteiger partial charge in [-0.05, 0) is 32.2 Å². The summed E-state index contributed by atoms with van der Waals surface area (Å²) in [6.45, 7) is 7.34. The Morgan fingerprint density at radius 1 is 1.67 bits per heavy atom. The Hall–Kier alpha value is -1.36. The second kappa shape index (κ2) is 6.00. The quantitative estimate of drug-likeness (QED) is 0.836. The number of anilines is 1. The van der Waals surface area contributed by atoms with Crippen molar-refractivity contribution in [2.75, 3.05) is 24.5 Å². The fourth-order valence-electron chi connectivity index (χ4n) is 2.65. The third kappa shape index (κ3) is 3.10. The van der Waals surface area contributed by atoms with Crippen LogP contribution in [0.25, 0.3) is 0 Å². The van der Waals surface area contributed by atoms with E-state index >= 15 is 0 Å². The molecular weight excluding hydrogens is 228 g/mol. The number of hydrogen-bond donors (Lipinski definition) is 2. The first-order valence-electron chi connectivity index (χ1n) is 6.73. The number of H-pyrrole nitrogens is 1. The smallest absolute Gasteiger partial charge is 0.252 e. The van der Waals surface area contributed by atoms with E-state index in [2.05, 4.69) is 34.0 Å². The minimum Gasteiger partial charge on any atom is -0.356 e. The molecule has 5 heteroatoms. The van der Waals surface area contributed by atoms with Gasteiger partial charge < -0.3 is 15.2 Å². The number of hydrogen-bond acceptors (Lipinski definition) is 4. The summed E-state index contributed by atoms with van der Waals surface area (Å²) in [5, 5.41) is 3.48. The summed E-state index contributed by atoms with van der Waals surface area (Å²) in [6.07, 6.45) is 3.89. The van der Waals surface area contributed by atoms with Crippen molar-refractivity contribution >= 4 is 5.82 Å². The van der Waals surface area contributed by atoms with Crippen LogP contribution in [0.3, 0.4) is 0 Å². The van der Waals surface area contributed by atoms with Gasteiger partial charge in [0, 0.05) is 25.2 Å². The van der Waals surface area contributed by atoms with Crippen molar-refractivity contribution in [3.8, 4) is 0 Å². The van der Waals surface area contributed by atoms with Gasteiger partial charge in [0.1, 0.15) is 5.82 Å². The summed E-state index contributed by atoms with van der Waals surface area (Å²) in [6, 6.07) is 2.10. The Labute approximate surface area is 108 Å². The Bertz CT molecular complexity index is 431. The first kappa shape index (κ1) is 13.1. The fraction of sp³-hybridized carbons (Fsp3) is 0.692. The standard InChI is InChI=1S/C13H22N4O/c1-3-14-10(2)11-5-4-6-17(8-11)12-7-13(18)16-9-15-12/h7,9-11,14H,3-6,8H2,1-2H3,(H,15,16,18). The van der Waals surface area contributed by atoms with E-state index in [0.717, 1.165) is 31.9 Å². The number of aromatic nitrogens is 2. The van der Waals surface area contributed by atoms with E-state index in [9.17, 15) is 4.79 Å². The molecule has 0 aliphatic carbocycles. The van der Waals surface area contributed by atoms with Gasteiger partial charge in [-0.2, -0.15) is 0 Å². The van der Waals surface area contributed by atoms with Crippen molar-refractivity contribution in [1.82, 2.24) is 15.3 Å². The molecule has 1 aromatic rings. The summed E-state index contributed by atoms with van der Waals surface area (Å²) in [4.78, 5) is 20.3. The molecule has 0 radical (unpaired) electrons. The van der Waals surface area contributed by atoms with Crippen LogP contribution in [-0.2, 0) is 0 Å². The van der Waals surface area contributed by atoms with Gasteiger partial charge in [0.2, 0.25) is 0 Å². The molecule has 2 N–H and O–H groups in total. The SMILES string of the molecule is CCNC(C)C1CCCN(c2cc(=O)[nH]cn2)C1. The van der Waals surface area contributed by atoms with Crippen LogP contribution in [0.4, 0.5) is 5.82 Å². The predicted molar refractivity (Wildman–Crippen MR) is 72.9 cm³/mol. The average molecular weight is 250 g/mol. The molecule has 2 unspecified atom stereocenters. The number of piperidine rings is 1. The van der Waals surface area contributed by atoms with Gasteiger partial charge in [0.05, 0.1) is 6.33 Å². The maximum atomic E-state index is 11.3. The number of nitrogens with zero attached hydrogens (tertiary/aromatic N) is 2. The molecule has 5 nitrogen and oxygen atoms in total. The van der Waals surface area contributed by atoms with Crippen LogP contribution in [0, 0.1) is 5.92 Å². The molecule has 0 aromatic carbocycles. The predicted octanol–water partition coefficient (Wildman–Crippen LogP) is 0.984. The van der Waals surface area contributed by atoms with Gasteiger partial charge in [0.15, 0.2) is 0 Å². The summed E-state index contributed by atoms with van der Waals surface area (Å²) in [5.74, 6) is 1.42. The number of aromatic amines is 1. The Morgan fingerprint density at radius 3 is 3.22 bits per heavy atom. The van der Waals surface area contributed by atoms with E-state index in [1.54, 1.807) is 6.07 Å². The van der Waals surface area contributed by atoms with Gasteiger partial charge in [-0.1, -0.05) is 6.92 Å². The fourth-order valence-corrected chi connectivity index (χ4v) is 2.65. The Morgan fingerprint density at radius 2 is 2.50 bits per heavy atom. The molecule has 2 atom stereocenters. The lowest BCUT2D eigenvalue weighted by molar-refractivity contribution is 0.323. The van der Waals surface area contributed by atoms with Gasteiger partial charge >= 0.3 is 0 Å². The van der Waals surface area contributed by atoms with E-state index in [0.29, 0.717) is 12.0 Å². The monoisotopic (exact) mass is 250 g/mol. The minimum atomic E-state index is -0.0816. The van der Waals surface area contributed by atoms with Gasteiger partial charge in [-0.15, -0.1) is 0 Å². The van der Waals surface area contributed by atoms with Gasteiger partial charge in [0.25, 0.3) is 5.56 Å². The summed E-state index contributed by atoms with van der Waals surface area (Å²) in [7, 11) is 0. The second-order valence-corrected chi connectivity index (χ2v) is 4.96. The third-order valence-electron chi connectivity index (χ3n) is 3.68. The first-order chi connectivity index (χ1) is 8.70. The molecule has 2 rings (SSSR count). The normalized spacial score (nSPS) is 21.9. The van der Waals surface area contributed by atoms with E-state index in [-0.39, 0.29) is 5.56 Å². The van der Waals surface area contributed by atoms with Crippen LogP contribution in [0.5, 0.6) is 0 Å². The molecular formula is C13H22N4O. The van der Waals surface area contributed by atoms with Gasteiger partial charge in [-0.25, -0.2) is 4.98 Å². The summed E-state index contributed by atoms with van der Waals surface area (Å²) >= 11 is 0. The molecule has 18 heavy (non-hydrogen) atoms. The van der Waals surface area contributed by atoms with E-state index in [1.165, 1.54) is 12.7 Å². The highest BCUT2D eigenvalue weighted by Crippen LogP contribution is 2.22. The molecule has 100 valence electrons. The zero-order chi connectivity index (χ0) is 13.0. The van der Waals surface area contributed by atoms with Crippen LogP contribution in [-0.4, -0.2) is 35.6 Å². The first-order valence-corrected chi connectivity index (χ1v) is 6.73. The van der Waals surface area contributed by atoms with Crippen molar-refractivity contribution in [2.45, 2.75) is 32.7 Å². The van der Waals surface area contributed by atoms with Crippen LogP contribution in [0.2, 0.25) is 0 Å². The molecule has 1 fully saturated rings. The highest BCUT2D eigenvalue weighted by atomic mass is 16.1. The van der Waals surface area contributed by atoms with Crippen LogP contribution in [0.15, 0.2) is 17.2 Å². The maximum Gasteiger partial charge on any atom is 0.252 e. The molecule has 1 aliphatic rings. The lowest BCUT2D eigenvalue weighted by Crippen LogP contribution is -2.45. The molecule has 0 saturated carbocycles. The highest BCUT2D eigenvalue weighted by molar-refractivity contribution is 5.37. The van der Waals surface area contributed by atoms with Crippen molar-refractivity contribution < 1.29 is 0 Å². The average Bonchev–Trinajstić information content (AvgIpc) is 2.39. The zero-order valence-corrected chi connectivity index (χ0v) is 11.1. The van der Waals surface area contributed by atoms with E-state index in [4.69, 9.17) is 0 Å². The lowest BCUT2D eigenvalue weighted by atomic mass is 9.91. The van der Waals surface area contributed by atoms with E-state index < -0.39 is 0 Å². The van der Waals surface area contributed by atoms with Crippen molar-refractivity contribution in [1.29, 1.82) is 0 Å². The van der Waals surface area contributed by atoms with Crippen LogP contribution >= 0.6 is 0 Å². The number of rotatable bonds is 4. The third-order valence-corrected chi connectivity index (χ3v) is 3.68. The van der Waals surface area contributed by atoms with Crippen molar-refractivity contribution in [3.05, 3.63) is 22.7 Å². The molecule has 0 spiro atoms. The number of nitrogens with one attached hydrogen (secondary N) is 2. The van der Waals surface area contributed by atoms with Crippen molar-refractivity contribution in [2.24, 2.45) is 5.92 Å². The molecule has 1 aromatic heterocycles. The summed E-state index contributed by atoms with van der Waals surface area (Å²) in [5.41, 5.74) is -0.0816. The topological polar surface area (TPSA) is 61.0 Å². The Balaban J connectivity index is 2.04. The zero-order valence-electron chi connectivity index (χ0n) is 11.1. The maximum absolute atomic E-state index is 11.3. The largest absolute Gasteiger partial charge is 0.356 e. The van der Waals surface area contributed by atoms with E-state index in [1.807, 2.05) is 0 Å². The highest BCUT2D eigenvalue weighted by Gasteiger charge is 2.24. The minimum absolute atomic E-state index is 0.0816. The van der Waals surface area contributed by atoms with Gasteiger partial charge in [-0.3, -0.25) is 4.79 Å². The van der Waals surface area contributed by atoms with Crippen LogP contribution < -0.4 is 15.8 Å². The molecule has 0 bridgehead atoms. The molecule has 1 aliphatic heterocycles. The molecule has 2 heterocycles. The molecule has 1 saturated heterocycles. The molecule has 0 amide bonds. The Kier molecular flexibility index (Phi) is 4.36. The van der Waals surface area contributed by atoms with Crippen LogP contribution in [0.1, 0.15) is 26.7 Å². The summed E-state index contributed by atoms with van der Waals surface area (Å²) < 4.78 is 0. The second-order valence-electron chi connectivity index (χ2n) is 4.96. The van der Waals surface area contributed by atoms with Crippen molar-refractivity contribution in [3.63, 3.8) is 0 Å². The lowest BCUT2D eigenvalue weighted by Gasteiger charge is -2.36.